The molecule has 0 spiro atoms. The highest BCUT2D eigenvalue weighted by Crippen LogP contribution is 2.43. The zero-order chi connectivity index (χ0) is 42.3. The molecule has 0 saturated carbocycles. The smallest absolute Gasteiger partial charge is 0.462 e. The summed E-state index contributed by atoms with van der Waals surface area (Å²) in [5.41, 5.74) is 0. The Hall–Kier alpha value is -2.88. The van der Waals surface area contributed by atoms with Gasteiger partial charge in [0.05, 0.1) is 27.7 Å². The molecule has 0 aliphatic heterocycles. The summed E-state index contributed by atoms with van der Waals surface area (Å²) in [7, 11) is 1.36. The highest BCUT2D eigenvalue weighted by Gasteiger charge is 2.27. The molecule has 0 saturated heterocycles. The van der Waals surface area contributed by atoms with Crippen LogP contribution in [0.25, 0.3) is 0 Å². The molecule has 0 fully saturated rings. The van der Waals surface area contributed by atoms with Crippen molar-refractivity contribution in [3.8, 4) is 0 Å². The summed E-state index contributed by atoms with van der Waals surface area (Å²) in [5.74, 6) is -0.844. The molecule has 2 atom stereocenters. The number of rotatable bonds is 38. The van der Waals surface area contributed by atoms with Crippen LogP contribution in [0.4, 0.5) is 0 Å². The molecule has 57 heavy (non-hydrogen) atoms. The Bertz CT molecular complexity index is 1260. The highest BCUT2D eigenvalue weighted by molar-refractivity contribution is 7.47. The van der Waals surface area contributed by atoms with E-state index in [9.17, 15) is 23.8 Å². The number of ether oxygens (including phenoxy) is 2. The van der Waals surface area contributed by atoms with Crippen molar-refractivity contribution in [2.75, 3.05) is 47.5 Å². The van der Waals surface area contributed by atoms with Gasteiger partial charge in [0.15, 0.2) is 11.9 Å². The number of hydrogen-bond acceptors (Lipinski definition) is 8. The van der Waals surface area contributed by atoms with Crippen molar-refractivity contribution in [1.82, 2.24) is 0 Å². The van der Waals surface area contributed by atoms with Gasteiger partial charge in [0.25, 0.3) is 0 Å². The number of hydrogen-bond donors (Lipinski definition) is 1. The molecule has 326 valence electrons. The predicted octanol–water partition coefficient (Wildman–Crippen LogP) is 11.4. The lowest BCUT2D eigenvalue weighted by Crippen LogP contribution is -2.37. The fraction of sp³-hybridized carbons (Fsp3) is 0.674. The number of phosphoric ester groups is 1. The number of unbranched alkanes of at least 4 members (excludes halogenated alkanes) is 11. The van der Waals surface area contributed by atoms with Crippen LogP contribution in [-0.4, -0.2) is 80.7 Å². The summed E-state index contributed by atoms with van der Waals surface area (Å²) >= 11 is 0. The number of quaternary nitrogens is 1. The Labute approximate surface area is 346 Å². The monoisotopic (exact) mass is 821 g/mol. The van der Waals surface area contributed by atoms with Gasteiger partial charge in [-0.2, -0.15) is 0 Å². The highest BCUT2D eigenvalue weighted by atomic mass is 31.2. The van der Waals surface area contributed by atoms with E-state index in [1.54, 1.807) is 6.08 Å². The van der Waals surface area contributed by atoms with Crippen LogP contribution in [0.15, 0.2) is 72.9 Å². The molecule has 0 heterocycles. The van der Waals surface area contributed by atoms with Gasteiger partial charge in [0, 0.05) is 19.3 Å². The van der Waals surface area contributed by atoms with Crippen LogP contribution in [0.5, 0.6) is 0 Å². The van der Waals surface area contributed by atoms with Gasteiger partial charge in [0.2, 0.25) is 0 Å². The average molecular weight is 821 g/mol. The first-order chi connectivity index (χ1) is 27.4. The molecular formula is C46H79NO9P+. The third-order valence-electron chi connectivity index (χ3n) is 8.69. The first kappa shape index (κ1) is 54.1. The van der Waals surface area contributed by atoms with Crippen molar-refractivity contribution >= 4 is 25.5 Å². The molecule has 1 N–H and O–H groups in total. The lowest BCUT2D eigenvalue weighted by atomic mass is 10.1. The fourth-order valence-electron chi connectivity index (χ4n) is 5.22. The third-order valence-corrected chi connectivity index (χ3v) is 9.67. The summed E-state index contributed by atoms with van der Waals surface area (Å²) < 4.78 is 34.1. The maximum atomic E-state index is 12.7. The second-order valence-electron chi connectivity index (χ2n) is 15.4. The van der Waals surface area contributed by atoms with E-state index in [4.69, 9.17) is 18.5 Å². The zero-order valence-corrected chi connectivity index (χ0v) is 37.2. The number of ketones is 1. The molecule has 1 unspecified atom stereocenters. The molecule has 0 aliphatic rings. The molecule has 0 aliphatic carbocycles. The first-order valence-corrected chi connectivity index (χ1v) is 23.1. The molecule has 0 aromatic heterocycles. The molecule has 11 heteroatoms. The van der Waals surface area contributed by atoms with Gasteiger partial charge in [-0.3, -0.25) is 23.4 Å². The van der Waals surface area contributed by atoms with Gasteiger partial charge in [-0.1, -0.05) is 126 Å². The van der Waals surface area contributed by atoms with Crippen LogP contribution in [0, 0.1) is 0 Å². The predicted molar refractivity (Wildman–Crippen MR) is 234 cm³/mol. The SMILES string of the molecule is CCCCC/C=C\C=C\C(=O)CCCCCCCC(=O)OC[C@H](COP(=O)(O)OCC[N+](C)(C)C)OC(=O)CCC/C=C\C/C=C\C/C=C\C/C=C\CCCCC. The van der Waals surface area contributed by atoms with Crippen molar-refractivity contribution in [2.24, 2.45) is 0 Å². The maximum absolute atomic E-state index is 12.7. The largest absolute Gasteiger partial charge is 0.472 e. The standard InChI is InChI=1S/C46H78NO9P/c1-6-8-10-12-14-15-16-17-18-19-20-21-22-23-25-29-34-38-46(50)56-44(42-55-57(51,52)54-40-39-47(3,4)5)41-53-45(49)37-33-30-26-28-32-36-43(48)35-31-27-24-13-11-9-7-2/h14-15,17-18,20-21,23-25,27,31,35,44H,6-13,16,19,22,26,28-30,32-34,36-42H2,1-5H3/p+1/b15-14-,18-17-,21-20-,25-23-,27-24-,35-31+/t44-/m1/s1. The van der Waals surface area contributed by atoms with E-state index >= 15 is 0 Å². The van der Waals surface area contributed by atoms with Crippen LogP contribution in [0.1, 0.15) is 149 Å². The molecule has 0 aromatic rings. The van der Waals surface area contributed by atoms with E-state index in [1.807, 2.05) is 39.4 Å². The summed E-state index contributed by atoms with van der Waals surface area (Å²) in [6.07, 6.45) is 42.1. The van der Waals surface area contributed by atoms with E-state index in [1.165, 1.54) is 38.5 Å². The van der Waals surface area contributed by atoms with E-state index < -0.39 is 32.5 Å². The lowest BCUT2D eigenvalue weighted by Gasteiger charge is -2.24. The molecule has 0 amide bonds. The van der Waals surface area contributed by atoms with Crippen molar-refractivity contribution in [3.05, 3.63) is 72.9 Å². The van der Waals surface area contributed by atoms with Gasteiger partial charge in [-0.15, -0.1) is 0 Å². The Kier molecular flexibility index (Phi) is 35.5. The second-order valence-corrected chi connectivity index (χ2v) is 16.9. The number of allylic oxidation sites excluding steroid dienone is 12. The Morgan fingerprint density at radius 1 is 0.596 bits per heavy atom. The number of nitrogens with zero attached hydrogens (tertiary/aromatic N) is 1. The summed E-state index contributed by atoms with van der Waals surface area (Å²) in [6, 6.07) is 0. The van der Waals surface area contributed by atoms with Crippen molar-refractivity contribution < 1.29 is 46.8 Å². The molecule has 0 aromatic carbocycles. The molecule has 10 nitrogen and oxygen atoms in total. The molecule has 0 rings (SSSR count). The summed E-state index contributed by atoms with van der Waals surface area (Å²) in [5, 5.41) is 0. The Morgan fingerprint density at radius 3 is 1.72 bits per heavy atom. The molecular weight excluding hydrogens is 741 g/mol. The van der Waals surface area contributed by atoms with Crippen molar-refractivity contribution in [3.63, 3.8) is 0 Å². The minimum atomic E-state index is -4.42. The van der Waals surface area contributed by atoms with Gasteiger partial charge in [-0.25, -0.2) is 4.57 Å². The van der Waals surface area contributed by atoms with Crippen LogP contribution in [-0.2, 0) is 37.5 Å². The van der Waals surface area contributed by atoms with Gasteiger partial charge < -0.3 is 18.9 Å². The van der Waals surface area contributed by atoms with Crippen LogP contribution >= 0.6 is 7.82 Å². The van der Waals surface area contributed by atoms with Crippen LogP contribution < -0.4 is 0 Å². The fourth-order valence-corrected chi connectivity index (χ4v) is 5.96. The Morgan fingerprint density at radius 2 is 1.12 bits per heavy atom. The van der Waals surface area contributed by atoms with Crippen LogP contribution in [0.2, 0.25) is 0 Å². The minimum absolute atomic E-state index is 0.00158. The van der Waals surface area contributed by atoms with Crippen molar-refractivity contribution in [2.45, 2.75) is 155 Å². The number of carbonyl (C=O) groups is 3. The van der Waals surface area contributed by atoms with E-state index in [0.29, 0.717) is 36.7 Å². The number of phosphoric acid groups is 1. The van der Waals surface area contributed by atoms with Gasteiger partial charge in [0.1, 0.15) is 19.8 Å². The zero-order valence-electron chi connectivity index (χ0n) is 36.3. The maximum Gasteiger partial charge on any atom is 0.472 e. The molecule has 0 bridgehead atoms. The Balaban J connectivity index is 4.57. The topological polar surface area (TPSA) is 125 Å². The lowest BCUT2D eigenvalue weighted by molar-refractivity contribution is -0.870. The van der Waals surface area contributed by atoms with E-state index in [2.05, 4.69) is 62.5 Å². The van der Waals surface area contributed by atoms with E-state index in [-0.39, 0.29) is 31.8 Å². The number of likely N-dealkylation sites (N-methyl/N-ethyl adjacent to an activating group) is 1. The first-order valence-electron chi connectivity index (χ1n) is 21.6. The normalized spacial score (nSPS) is 14.2. The average Bonchev–Trinajstić information content (AvgIpc) is 3.15. The summed E-state index contributed by atoms with van der Waals surface area (Å²) in [6.45, 7) is 4.11. The number of carbonyl (C=O) groups excluding carboxylic acids is 3. The molecule has 0 radical (unpaired) electrons. The van der Waals surface area contributed by atoms with Gasteiger partial charge in [-0.05, 0) is 76.7 Å². The quantitative estimate of drug-likeness (QED) is 0.0123. The third kappa shape index (κ3) is 41.1. The number of esters is 2. The van der Waals surface area contributed by atoms with Crippen molar-refractivity contribution in [1.29, 1.82) is 0 Å². The second kappa shape index (κ2) is 37.4. The minimum Gasteiger partial charge on any atom is -0.462 e. The van der Waals surface area contributed by atoms with E-state index in [0.717, 1.165) is 57.8 Å². The van der Waals surface area contributed by atoms with Crippen LogP contribution in [0.3, 0.4) is 0 Å². The van der Waals surface area contributed by atoms with Gasteiger partial charge >= 0.3 is 19.8 Å². The summed E-state index contributed by atoms with van der Waals surface area (Å²) in [4.78, 5) is 47.4.